The first kappa shape index (κ1) is 25.7. The summed E-state index contributed by atoms with van der Waals surface area (Å²) in [7, 11) is 1.46. The summed E-state index contributed by atoms with van der Waals surface area (Å²) in [6.45, 7) is 12.7. The molecule has 0 saturated carbocycles. The van der Waals surface area contributed by atoms with Gasteiger partial charge < -0.3 is 5.11 Å². The van der Waals surface area contributed by atoms with Crippen LogP contribution in [0.25, 0.3) is 0 Å². The van der Waals surface area contributed by atoms with Crippen LogP contribution in [0.15, 0.2) is 14.6 Å². The van der Waals surface area contributed by atoms with Gasteiger partial charge in [-0.25, -0.2) is 9.86 Å². The van der Waals surface area contributed by atoms with Crippen molar-refractivity contribution in [3.05, 3.63) is 43.4 Å². The lowest BCUT2D eigenvalue weighted by molar-refractivity contribution is -0.170. The zero-order chi connectivity index (χ0) is 25.8. The Bertz CT molecular complexity index is 1260. The Balaban J connectivity index is 1.85. The van der Waals surface area contributed by atoms with Gasteiger partial charge in [0.2, 0.25) is 0 Å². The smallest absolute Gasteiger partial charge is 0.331 e. The van der Waals surface area contributed by atoms with E-state index in [2.05, 4.69) is 13.8 Å². The number of amides is 1. The Morgan fingerprint density at radius 1 is 1.23 bits per heavy atom. The molecule has 35 heavy (non-hydrogen) atoms. The first-order chi connectivity index (χ1) is 16.4. The van der Waals surface area contributed by atoms with Crippen LogP contribution in [0.5, 0.6) is 0 Å². The van der Waals surface area contributed by atoms with Crippen LogP contribution in [0.2, 0.25) is 0 Å². The molecule has 11 heteroatoms. The van der Waals surface area contributed by atoms with Gasteiger partial charge in [0.05, 0.1) is 34.8 Å². The van der Waals surface area contributed by atoms with E-state index in [4.69, 9.17) is 9.94 Å². The highest BCUT2D eigenvalue weighted by Gasteiger charge is 2.46. The van der Waals surface area contributed by atoms with Gasteiger partial charge in [-0.2, -0.15) is 5.10 Å². The van der Waals surface area contributed by atoms with Crippen molar-refractivity contribution in [2.75, 3.05) is 13.2 Å². The number of β-amino-alcohol motifs (C(OH)–C–C–N with tert-alkyl or cyclic N) is 1. The van der Waals surface area contributed by atoms with E-state index in [-0.39, 0.29) is 42.0 Å². The topological polar surface area (TPSA) is 112 Å². The number of hydrogen-bond acceptors (Lipinski definition) is 7. The van der Waals surface area contributed by atoms with Crippen molar-refractivity contribution in [3.63, 3.8) is 0 Å². The van der Waals surface area contributed by atoms with Crippen molar-refractivity contribution in [1.29, 1.82) is 0 Å². The largest absolute Gasteiger partial charge is 0.389 e. The SMILES string of the molecule is Cc1nn(C(C)C)c(C)c1CC1Sc2c(c(=O)n(C)c(=O)n2CC(C)C)C1C(=O)N1C[C@H](O)CO1. The molecule has 0 aliphatic carbocycles. The highest BCUT2D eigenvalue weighted by atomic mass is 32.2. The van der Waals surface area contributed by atoms with E-state index in [1.165, 1.54) is 23.9 Å². The summed E-state index contributed by atoms with van der Waals surface area (Å²) in [5.74, 6) is -0.996. The normalized spacial score (nSPS) is 22.0. The summed E-state index contributed by atoms with van der Waals surface area (Å²) in [5, 5.41) is 16.0. The molecular formula is C24H35N5O5S. The Morgan fingerprint density at radius 3 is 2.46 bits per heavy atom. The number of rotatable bonds is 6. The molecule has 2 aromatic rings. The van der Waals surface area contributed by atoms with Crippen LogP contribution in [0.3, 0.4) is 0 Å². The van der Waals surface area contributed by atoms with Crippen molar-refractivity contribution in [3.8, 4) is 0 Å². The van der Waals surface area contributed by atoms with Gasteiger partial charge >= 0.3 is 5.69 Å². The number of carbonyl (C=O) groups is 1. The third-order valence-electron chi connectivity index (χ3n) is 6.70. The van der Waals surface area contributed by atoms with Crippen LogP contribution >= 0.6 is 11.8 Å². The quantitative estimate of drug-likeness (QED) is 0.593. The molecule has 2 unspecified atom stereocenters. The number of aromatic nitrogens is 4. The summed E-state index contributed by atoms with van der Waals surface area (Å²) in [5.41, 5.74) is 2.46. The Morgan fingerprint density at radius 2 is 1.91 bits per heavy atom. The molecule has 0 radical (unpaired) electrons. The van der Waals surface area contributed by atoms with Gasteiger partial charge in [0, 0.05) is 30.6 Å². The number of nitrogens with zero attached hydrogens (tertiary/aromatic N) is 5. The lowest BCUT2D eigenvalue weighted by atomic mass is 9.92. The second-order valence-electron chi connectivity index (χ2n) is 10.2. The van der Waals surface area contributed by atoms with Crippen molar-refractivity contribution in [1.82, 2.24) is 24.0 Å². The third kappa shape index (κ3) is 4.49. The average molecular weight is 506 g/mol. The van der Waals surface area contributed by atoms with Crippen molar-refractivity contribution in [2.45, 2.75) is 82.8 Å². The zero-order valence-corrected chi connectivity index (χ0v) is 22.3. The van der Waals surface area contributed by atoms with E-state index < -0.39 is 17.6 Å². The molecule has 0 bridgehead atoms. The van der Waals surface area contributed by atoms with Crippen LogP contribution in [-0.2, 0) is 29.6 Å². The summed E-state index contributed by atoms with van der Waals surface area (Å²) in [4.78, 5) is 45.7. The Labute approximate surface area is 208 Å². The monoisotopic (exact) mass is 505 g/mol. The van der Waals surface area contributed by atoms with Crippen LogP contribution in [-0.4, -0.2) is 59.5 Å². The molecular weight excluding hydrogens is 470 g/mol. The van der Waals surface area contributed by atoms with Crippen molar-refractivity contribution < 1.29 is 14.7 Å². The van der Waals surface area contributed by atoms with Crippen molar-refractivity contribution in [2.24, 2.45) is 13.0 Å². The fraction of sp³-hybridized carbons (Fsp3) is 0.667. The second-order valence-corrected chi connectivity index (χ2v) is 11.5. The maximum Gasteiger partial charge on any atom is 0.331 e. The number of aryl methyl sites for hydroxylation is 1. The van der Waals surface area contributed by atoms with Crippen LogP contribution in [0.4, 0.5) is 0 Å². The van der Waals surface area contributed by atoms with Gasteiger partial charge in [0.25, 0.3) is 11.5 Å². The number of hydroxylamine groups is 2. The van der Waals surface area contributed by atoms with E-state index in [0.29, 0.717) is 23.6 Å². The van der Waals surface area contributed by atoms with E-state index in [1.807, 2.05) is 32.4 Å². The molecule has 1 saturated heterocycles. The number of fused-ring (bicyclic) bond motifs is 1. The number of aliphatic hydroxyl groups is 1. The molecule has 192 valence electrons. The fourth-order valence-electron chi connectivity index (χ4n) is 5.01. The zero-order valence-electron chi connectivity index (χ0n) is 21.4. The maximum atomic E-state index is 13.7. The standard InChI is InChI=1S/C24H35N5O5S/c1-12(2)9-27-23-20(21(31)26(7)24(27)33)19(22(32)28-10-16(30)11-34-28)18(35-23)8-17-14(5)25-29(13(3)4)15(17)6/h12-13,16,18-19,30H,8-11H2,1-7H3/t16-,18?,19?/m0/s1. The highest BCUT2D eigenvalue weighted by Crippen LogP contribution is 2.46. The molecule has 0 aromatic carbocycles. The molecule has 3 atom stereocenters. The first-order valence-electron chi connectivity index (χ1n) is 12.1. The number of carbonyl (C=O) groups excluding carboxylic acids is 1. The molecule has 0 spiro atoms. The Kier molecular flexibility index (Phi) is 7.05. The molecule has 1 N–H and O–H groups in total. The molecule has 4 rings (SSSR count). The summed E-state index contributed by atoms with van der Waals surface area (Å²) in [6.07, 6.45) is -0.257. The van der Waals surface area contributed by atoms with Crippen molar-refractivity contribution >= 4 is 17.7 Å². The number of thioether (sulfide) groups is 1. The molecule has 2 aliphatic heterocycles. The molecule has 2 aromatic heterocycles. The molecule has 10 nitrogen and oxygen atoms in total. The number of hydrogen-bond donors (Lipinski definition) is 1. The first-order valence-corrected chi connectivity index (χ1v) is 13.0. The van der Waals surface area contributed by atoms with Crippen LogP contribution in [0, 0.1) is 19.8 Å². The van der Waals surface area contributed by atoms with Gasteiger partial charge in [0.15, 0.2) is 0 Å². The van der Waals surface area contributed by atoms with E-state index in [1.54, 1.807) is 4.57 Å². The lowest BCUT2D eigenvalue weighted by Crippen LogP contribution is -2.44. The molecule has 1 amide bonds. The molecule has 2 aliphatic rings. The lowest BCUT2D eigenvalue weighted by Gasteiger charge is -2.23. The summed E-state index contributed by atoms with van der Waals surface area (Å²) in [6, 6.07) is 0.191. The fourth-order valence-corrected chi connectivity index (χ4v) is 6.56. The highest BCUT2D eigenvalue weighted by molar-refractivity contribution is 8.00. The minimum Gasteiger partial charge on any atom is -0.389 e. The van der Waals surface area contributed by atoms with E-state index in [9.17, 15) is 19.5 Å². The van der Waals surface area contributed by atoms with E-state index >= 15 is 0 Å². The minimum absolute atomic E-state index is 0.0351. The molecule has 1 fully saturated rings. The average Bonchev–Trinajstić information content (AvgIpc) is 3.46. The van der Waals surface area contributed by atoms with Gasteiger partial charge in [-0.1, -0.05) is 13.8 Å². The second kappa shape index (κ2) is 9.59. The maximum absolute atomic E-state index is 13.7. The van der Waals surface area contributed by atoms with Gasteiger partial charge in [-0.15, -0.1) is 11.8 Å². The van der Waals surface area contributed by atoms with Gasteiger partial charge in [0.1, 0.15) is 6.61 Å². The van der Waals surface area contributed by atoms with Gasteiger partial charge in [-0.05, 0) is 45.6 Å². The number of aliphatic hydroxyl groups excluding tert-OH is 1. The molecule has 4 heterocycles. The third-order valence-corrected chi connectivity index (χ3v) is 8.11. The van der Waals surface area contributed by atoms with Crippen LogP contribution < -0.4 is 11.2 Å². The van der Waals surface area contributed by atoms with Gasteiger partial charge in [-0.3, -0.25) is 28.2 Å². The predicted octanol–water partition coefficient (Wildman–Crippen LogP) is 1.53. The van der Waals surface area contributed by atoms with Crippen LogP contribution in [0.1, 0.15) is 62.2 Å². The summed E-state index contributed by atoms with van der Waals surface area (Å²) < 4.78 is 4.70. The minimum atomic E-state index is -0.806. The van der Waals surface area contributed by atoms with E-state index in [0.717, 1.165) is 21.5 Å². The Hall–Kier alpha value is -2.37. The summed E-state index contributed by atoms with van der Waals surface area (Å²) >= 11 is 1.41. The predicted molar refractivity (Wildman–Crippen MR) is 133 cm³/mol.